The van der Waals surface area contributed by atoms with Crippen molar-refractivity contribution in [3.63, 3.8) is 0 Å². The highest BCUT2D eigenvalue weighted by Gasteiger charge is 2.23. The van der Waals surface area contributed by atoms with E-state index in [0.717, 1.165) is 25.7 Å². The molecule has 1 aliphatic carbocycles. The Balaban J connectivity index is 2.27. The fraction of sp³-hybridized carbons (Fsp3) is 0.529. The van der Waals surface area contributed by atoms with Crippen LogP contribution in [0.4, 0.5) is 0 Å². The highest BCUT2D eigenvalue weighted by molar-refractivity contribution is 6.00. The van der Waals surface area contributed by atoms with Crippen LogP contribution in [0, 0.1) is 0 Å². The van der Waals surface area contributed by atoms with E-state index in [1.807, 2.05) is 13.8 Å². The summed E-state index contributed by atoms with van der Waals surface area (Å²) in [4.78, 5) is 23.9. The van der Waals surface area contributed by atoms with E-state index >= 15 is 0 Å². The van der Waals surface area contributed by atoms with Crippen molar-refractivity contribution < 1.29 is 14.7 Å². The Hall–Kier alpha value is -1.84. The molecule has 114 valence electrons. The summed E-state index contributed by atoms with van der Waals surface area (Å²) in [6, 6.07) is 5.15. The molecule has 0 radical (unpaired) electrons. The predicted octanol–water partition coefficient (Wildman–Crippen LogP) is 3.57. The Morgan fingerprint density at radius 1 is 1.14 bits per heavy atom. The van der Waals surface area contributed by atoms with Crippen LogP contribution in [0.15, 0.2) is 18.2 Å². The number of carboxylic acid groups (broad SMARTS) is 1. The van der Waals surface area contributed by atoms with Gasteiger partial charge in [0.2, 0.25) is 0 Å². The van der Waals surface area contributed by atoms with Crippen LogP contribution < -0.4 is 5.32 Å². The molecule has 1 aromatic carbocycles. The van der Waals surface area contributed by atoms with Crippen LogP contribution in [0.25, 0.3) is 0 Å². The number of amides is 1. The first-order valence-electron chi connectivity index (χ1n) is 7.67. The molecule has 2 rings (SSSR count). The van der Waals surface area contributed by atoms with Crippen molar-refractivity contribution >= 4 is 11.9 Å². The minimum atomic E-state index is -0.981. The maximum Gasteiger partial charge on any atom is 0.335 e. The fourth-order valence-electron chi connectivity index (χ4n) is 3.08. The third-order valence-electron chi connectivity index (χ3n) is 4.10. The van der Waals surface area contributed by atoms with Crippen LogP contribution in [0.2, 0.25) is 0 Å². The molecule has 4 heteroatoms. The van der Waals surface area contributed by atoms with Gasteiger partial charge in [-0.1, -0.05) is 39.2 Å². The molecular weight excluding hydrogens is 266 g/mol. The van der Waals surface area contributed by atoms with Gasteiger partial charge in [-0.3, -0.25) is 4.79 Å². The van der Waals surface area contributed by atoms with Crippen molar-refractivity contribution in [3.8, 4) is 0 Å². The zero-order valence-corrected chi connectivity index (χ0v) is 12.7. The minimum Gasteiger partial charge on any atom is -0.478 e. The Bertz CT molecular complexity index is 531. The van der Waals surface area contributed by atoms with E-state index < -0.39 is 5.97 Å². The van der Waals surface area contributed by atoms with Gasteiger partial charge in [0, 0.05) is 11.6 Å². The van der Waals surface area contributed by atoms with Crippen LogP contribution in [0.5, 0.6) is 0 Å². The lowest BCUT2D eigenvalue weighted by Gasteiger charge is -2.24. The van der Waals surface area contributed by atoms with Crippen LogP contribution in [0.3, 0.4) is 0 Å². The maximum atomic E-state index is 12.5. The van der Waals surface area contributed by atoms with Gasteiger partial charge in [-0.15, -0.1) is 0 Å². The number of carbonyl (C=O) groups is 2. The highest BCUT2D eigenvalue weighted by atomic mass is 16.4. The first-order valence-corrected chi connectivity index (χ1v) is 7.67. The first-order chi connectivity index (χ1) is 10.0. The second kappa shape index (κ2) is 6.74. The molecule has 0 heterocycles. The molecule has 2 N–H and O–H groups in total. The lowest BCUT2D eigenvalue weighted by Crippen LogP contribution is -2.36. The molecule has 21 heavy (non-hydrogen) atoms. The van der Waals surface area contributed by atoms with Crippen molar-refractivity contribution in [2.45, 2.75) is 57.9 Å². The number of nitrogens with one attached hydrogen (secondary N) is 1. The molecule has 0 saturated heterocycles. The second-order valence-electron chi connectivity index (χ2n) is 6.04. The summed E-state index contributed by atoms with van der Waals surface area (Å²) in [5.74, 6) is -1.14. The van der Waals surface area contributed by atoms with Crippen LogP contribution >= 0.6 is 0 Å². The molecule has 1 aliphatic rings. The quantitative estimate of drug-likeness (QED) is 0.890. The topological polar surface area (TPSA) is 66.4 Å². The molecular formula is C17H23NO3. The standard InChI is InChI=1S/C17H23NO3/c1-11(2)15-13(9-6-10-14(15)17(20)21)16(19)18-12-7-4-3-5-8-12/h6,9-12H,3-5,7-8H2,1-2H3,(H,18,19)(H,20,21). The average Bonchev–Trinajstić information content (AvgIpc) is 2.47. The van der Waals surface area contributed by atoms with E-state index in [4.69, 9.17) is 0 Å². The molecule has 0 aromatic heterocycles. The van der Waals surface area contributed by atoms with Gasteiger partial charge in [-0.25, -0.2) is 4.79 Å². The average molecular weight is 289 g/mol. The zero-order valence-electron chi connectivity index (χ0n) is 12.7. The SMILES string of the molecule is CC(C)c1c(C(=O)O)cccc1C(=O)NC1CCCCC1. The third-order valence-corrected chi connectivity index (χ3v) is 4.10. The van der Waals surface area contributed by atoms with Gasteiger partial charge < -0.3 is 10.4 Å². The molecule has 1 saturated carbocycles. The van der Waals surface area contributed by atoms with Gasteiger partial charge in [-0.2, -0.15) is 0 Å². The van der Waals surface area contributed by atoms with Crippen LogP contribution in [-0.2, 0) is 0 Å². The Morgan fingerprint density at radius 3 is 2.33 bits per heavy atom. The summed E-state index contributed by atoms with van der Waals surface area (Å²) in [5, 5.41) is 12.4. The normalized spacial score (nSPS) is 16.0. The molecule has 0 bridgehead atoms. The Kier molecular flexibility index (Phi) is 4.99. The Morgan fingerprint density at radius 2 is 1.76 bits per heavy atom. The molecule has 1 aromatic rings. The summed E-state index contributed by atoms with van der Waals surface area (Å²) >= 11 is 0. The summed E-state index contributed by atoms with van der Waals surface area (Å²) in [6.07, 6.45) is 5.56. The lowest BCUT2D eigenvalue weighted by molar-refractivity contribution is 0.0695. The number of hydrogen-bond donors (Lipinski definition) is 2. The van der Waals surface area contributed by atoms with E-state index in [2.05, 4.69) is 5.32 Å². The smallest absolute Gasteiger partial charge is 0.335 e. The molecule has 0 aliphatic heterocycles. The summed E-state index contributed by atoms with van der Waals surface area (Å²) < 4.78 is 0. The van der Waals surface area contributed by atoms with Gasteiger partial charge >= 0.3 is 5.97 Å². The van der Waals surface area contributed by atoms with Gasteiger partial charge in [0.15, 0.2) is 0 Å². The van der Waals surface area contributed by atoms with E-state index in [1.165, 1.54) is 6.42 Å². The van der Waals surface area contributed by atoms with Crippen molar-refractivity contribution in [2.24, 2.45) is 0 Å². The van der Waals surface area contributed by atoms with Crippen molar-refractivity contribution in [1.29, 1.82) is 0 Å². The number of carbonyl (C=O) groups excluding carboxylic acids is 1. The van der Waals surface area contributed by atoms with E-state index in [0.29, 0.717) is 11.1 Å². The van der Waals surface area contributed by atoms with Gasteiger partial charge in [-0.05, 0) is 36.5 Å². The monoisotopic (exact) mass is 289 g/mol. The van der Waals surface area contributed by atoms with Crippen LogP contribution in [-0.4, -0.2) is 23.0 Å². The zero-order chi connectivity index (χ0) is 15.4. The molecule has 1 amide bonds. The molecule has 1 fully saturated rings. The van der Waals surface area contributed by atoms with Crippen molar-refractivity contribution in [2.75, 3.05) is 0 Å². The van der Waals surface area contributed by atoms with Gasteiger partial charge in [0.1, 0.15) is 0 Å². The number of rotatable bonds is 4. The van der Waals surface area contributed by atoms with Gasteiger partial charge in [0.25, 0.3) is 5.91 Å². The summed E-state index contributed by atoms with van der Waals surface area (Å²) in [7, 11) is 0. The number of aromatic carboxylic acids is 1. The number of hydrogen-bond acceptors (Lipinski definition) is 2. The van der Waals surface area contributed by atoms with Crippen molar-refractivity contribution in [1.82, 2.24) is 5.32 Å². The summed E-state index contributed by atoms with van der Waals surface area (Å²) in [6.45, 7) is 3.83. The third kappa shape index (κ3) is 3.63. The van der Waals surface area contributed by atoms with Crippen molar-refractivity contribution in [3.05, 3.63) is 34.9 Å². The fourth-order valence-corrected chi connectivity index (χ4v) is 3.08. The van der Waals surface area contributed by atoms with Crippen LogP contribution in [0.1, 0.15) is 78.1 Å². The van der Waals surface area contributed by atoms with Gasteiger partial charge in [0.05, 0.1) is 5.56 Å². The molecule has 0 spiro atoms. The molecule has 4 nitrogen and oxygen atoms in total. The van der Waals surface area contributed by atoms with E-state index in [1.54, 1.807) is 18.2 Å². The second-order valence-corrected chi connectivity index (χ2v) is 6.04. The first kappa shape index (κ1) is 15.5. The van der Waals surface area contributed by atoms with E-state index in [-0.39, 0.29) is 23.4 Å². The Labute approximate surface area is 125 Å². The molecule has 0 atom stereocenters. The summed E-state index contributed by atoms with van der Waals surface area (Å²) in [5.41, 5.74) is 1.34. The number of benzene rings is 1. The maximum absolute atomic E-state index is 12.5. The molecule has 0 unspecified atom stereocenters. The largest absolute Gasteiger partial charge is 0.478 e. The highest BCUT2D eigenvalue weighted by Crippen LogP contribution is 2.25. The predicted molar refractivity (Wildman–Crippen MR) is 81.8 cm³/mol. The van der Waals surface area contributed by atoms with E-state index in [9.17, 15) is 14.7 Å². The lowest BCUT2D eigenvalue weighted by atomic mass is 9.90. The minimum absolute atomic E-state index is 0.00981. The number of carboxylic acids is 1.